The molecular weight excluding hydrogens is 364 g/mol. The number of H-pyrrole nitrogens is 1. The van der Waals surface area contributed by atoms with Gasteiger partial charge in [0.05, 0.1) is 18.0 Å². The van der Waals surface area contributed by atoms with E-state index in [1.807, 2.05) is 10.4 Å². The number of amides is 2. The fourth-order valence-electron chi connectivity index (χ4n) is 3.90. The summed E-state index contributed by atoms with van der Waals surface area (Å²) in [6, 6.07) is 0. The normalized spacial score (nSPS) is 22.1. The highest BCUT2D eigenvalue weighted by Gasteiger charge is 2.49. The number of carbonyl (C=O) groups is 2. The number of hydrogen-bond donors (Lipinski definition) is 2. The number of nitrogens with zero attached hydrogens (tertiary/aromatic N) is 4. The van der Waals surface area contributed by atoms with Crippen molar-refractivity contribution in [3.05, 3.63) is 6.20 Å². The van der Waals surface area contributed by atoms with E-state index >= 15 is 0 Å². The number of nitrogens with one attached hydrogen (secondary N) is 2. The van der Waals surface area contributed by atoms with Crippen LogP contribution >= 0.6 is 11.5 Å². The van der Waals surface area contributed by atoms with Crippen molar-refractivity contribution in [1.29, 1.82) is 0 Å². The fourth-order valence-corrected chi connectivity index (χ4v) is 4.97. The summed E-state index contributed by atoms with van der Waals surface area (Å²) < 4.78 is 1.90. The molecule has 3 rings (SSSR count). The molecule has 2 aliphatic rings. The quantitative estimate of drug-likeness (QED) is 0.523. The molecule has 9 heteroatoms. The maximum Gasteiger partial charge on any atom is 0.238 e. The summed E-state index contributed by atoms with van der Waals surface area (Å²) in [6.07, 6.45) is 7.72. The lowest BCUT2D eigenvalue weighted by Gasteiger charge is -2.26. The van der Waals surface area contributed by atoms with Crippen LogP contribution in [0, 0.1) is 11.8 Å². The summed E-state index contributed by atoms with van der Waals surface area (Å²) in [6.45, 7) is 8.77. The molecule has 0 aromatic carbocycles. The van der Waals surface area contributed by atoms with E-state index in [9.17, 15) is 9.59 Å². The standard InChI is InChI=1S/C18H32N6O2S/c1-4-7-12-19-22-13-16(27-24(20-22)21(5-2)6-3)23-17(25)14-10-8-9-11-15(14)18(23)26/h13-15,19-20H,4-12H2,1-3H3. The highest BCUT2D eigenvalue weighted by Crippen LogP contribution is 2.40. The first-order valence-corrected chi connectivity index (χ1v) is 11.0. The summed E-state index contributed by atoms with van der Waals surface area (Å²) in [4.78, 5) is 29.2. The molecule has 2 heterocycles. The molecule has 2 fully saturated rings. The van der Waals surface area contributed by atoms with E-state index in [-0.39, 0.29) is 23.7 Å². The van der Waals surface area contributed by atoms with Crippen LogP contribution in [0.15, 0.2) is 6.20 Å². The van der Waals surface area contributed by atoms with Crippen molar-refractivity contribution in [1.82, 2.24) is 14.2 Å². The van der Waals surface area contributed by atoms with Gasteiger partial charge in [-0.1, -0.05) is 26.2 Å². The summed E-state index contributed by atoms with van der Waals surface area (Å²) in [5.41, 5.74) is 3.32. The van der Waals surface area contributed by atoms with Gasteiger partial charge in [0, 0.05) is 31.2 Å². The van der Waals surface area contributed by atoms with Gasteiger partial charge in [-0.15, -0.1) is 4.18 Å². The Labute approximate surface area is 164 Å². The number of hydrogen-bond acceptors (Lipinski definition) is 5. The molecule has 1 aromatic heterocycles. The van der Waals surface area contributed by atoms with Crippen LogP contribution in [0.2, 0.25) is 0 Å². The largest absolute Gasteiger partial charge is 0.310 e. The Morgan fingerprint density at radius 2 is 1.78 bits per heavy atom. The van der Waals surface area contributed by atoms with Crippen molar-refractivity contribution in [3.8, 4) is 0 Å². The average molecular weight is 397 g/mol. The van der Waals surface area contributed by atoms with Crippen molar-refractivity contribution in [2.24, 2.45) is 11.8 Å². The monoisotopic (exact) mass is 396 g/mol. The predicted molar refractivity (Wildman–Crippen MR) is 109 cm³/mol. The van der Waals surface area contributed by atoms with E-state index in [1.165, 1.54) is 16.4 Å². The van der Waals surface area contributed by atoms with E-state index in [2.05, 4.69) is 36.4 Å². The lowest BCUT2D eigenvalue weighted by molar-refractivity contribution is -0.122. The van der Waals surface area contributed by atoms with E-state index in [0.717, 1.165) is 58.2 Å². The minimum atomic E-state index is -0.133. The second-order valence-electron chi connectivity index (χ2n) is 7.21. The summed E-state index contributed by atoms with van der Waals surface area (Å²) in [7, 11) is 0. The zero-order chi connectivity index (χ0) is 19.4. The molecule has 0 radical (unpaired) electrons. The van der Waals surface area contributed by atoms with E-state index < -0.39 is 0 Å². The fraction of sp³-hybridized carbons (Fsp3) is 0.778. The summed E-state index contributed by atoms with van der Waals surface area (Å²) in [5.74, 6) is -0.325. The molecule has 1 aliphatic carbocycles. The van der Waals surface area contributed by atoms with Crippen LogP contribution in [-0.4, -0.2) is 45.6 Å². The maximum absolute atomic E-state index is 13.0. The van der Waals surface area contributed by atoms with Crippen LogP contribution in [0.4, 0.5) is 5.00 Å². The lowest BCUT2D eigenvalue weighted by atomic mass is 9.81. The third-order valence-electron chi connectivity index (χ3n) is 5.47. The topological polar surface area (TPSA) is 78.3 Å². The first-order valence-electron chi connectivity index (χ1n) is 10.2. The zero-order valence-electron chi connectivity index (χ0n) is 16.6. The molecule has 1 saturated heterocycles. The molecule has 2 unspecified atom stereocenters. The van der Waals surface area contributed by atoms with Gasteiger partial charge < -0.3 is 5.43 Å². The van der Waals surface area contributed by atoms with Crippen LogP contribution in [-0.2, 0) is 9.59 Å². The maximum atomic E-state index is 13.0. The Balaban J connectivity index is 1.95. The molecule has 152 valence electrons. The van der Waals surface area contributed by atoms with Crippen molar-refractivity contribution < 1.29 is 9.59 Å². The second kappa shape index (κ2) is 8.86. The Kier molecular flexibility index (Phi) is 6.51. The van der Waals surface area contributed by atoms with Crippen LogP contribution in [0.25, 0.3) is 0 Å². The number of imide groups is 1. The van der Waals surface area contributed by atoms with Crippen LogP contribution in [0.5, 0.6) is 0 Å². The van der Waals surface area contributed by atoms with Gasteiger partial charge in [-0.2, -0.15) is 10.0 Å². The molecule has 2 N–H and O–H groups in total. The first kappa shape index (κ1) is 19.9. The van der Waals surface area contributed by atoms with Gasteiger partial charge >= 0.3 is 0 Å². The van der Waals surface area contributed by atoms with Gasteiger partial charge in [0.2, 0.25) is 11.8 Å². The minimum absolute atomic E-state index is 0.0293. The second-order valence-corrected chi connectivity index (χ2v) is 8.16. The van der Waals surface area contributed by atoms with E-state index in [0.29, 0.717) is 5.00 Å². The molecule has 2 amide bonds. The van der Waals surface area contributed by atoms with Gasteiger partial charge in [-0.05, 0) is 33.1 Å². The highest BCUT2D eigenvalue weighted by atomic mass is 32.1. The molecule has 1 saturated carbocycles. The van der Waals surface area contributed by atoms with Crippen molar-refractivity contribution in [3.63, 3.8) is 0 Å². The molecule has 1 aliphatic heterocycles. The van der Waals surface area contributed by atoms with Crippen molar-refractivity contribution >= 4 is 28.3 Å². The third-order valence-corrected chi connectivity index (χ3v) is 6.43. The number of fused-ring (bicyclic) bond motifs is 1. The number of anilines is 1. The highest BCUT2D eigenvalue weighted by molar-refractivity contribution is 7.10. The van der Waals surface area contributed by atoms with Gasteiger partial charge in [0.1, 0.15) is 5.00 Å². The van der Waals surface area contributed by atoms with Crippen molar-refractivity contribution in [2.45, 2.75) is 59.3 Å². The van der Waals surface area contributed by atoms with Crippen molar-refractivity contribution in [2.75, 3.05) is 35.0 Å². The zero-order valence-corrected chi connectivity index (χ0v) is 17.4. The Hall–Kier alpha value is -1.90. The number of carbonyl (C=O) groups excluding carboxylic acids is 2. The Morgan fingerprint density at radius 3 is 2.33 bits per heavy atom. The molecule has 0 spiro atoms. The van der Waals surface area contributed by atoms with Gasteiger partial charge in [-0.3, -0.25) is 14.6 Å². The number of rotatable bonds is 8. The lowest BCUT2D eigenvalue weighted by Crippen LogP contribution is -2.39. The molecule has 8 nitrogen and oxygen atoms in total. The molecule has 0 bridgehead atoms. The molecule has 2 atom stereocenters. The van der Waals surface area contributed by atoms with Crippen LogP contribution < -0.4 is 15.3 Å². The van der Waals surface area contributed by atoms with Gasteiger partial charge in [0.15, 0.2) is 0 Å². The molecule has 27 heavy (non-hydrogen) atoms. The van der Waals surface area contributed by atoms with Crippen LogP contribution in [0.3, 0.4) is 0 Å². The first-order chi connectivity index (χ1) is 13.1. The summed E-state index contributed by atoms with van der Waals surface area (Å²) in [5, 5.41) is 6.06. The number of aromatic amines is 1. The minimum Gasteiger partial charge on any atom is -0.310 e. The third kappa shape index (κ3) is 4.02. The molecule has 1 aromatic rings. The van der Waals surface area contributed by atoms with E-state index in [4.69, 9.17) is 0 Å². The SMILES string of the molecule is CCCCNn1cc(N2C(=O)C3CCCCC3C2=O)sn(N(CC)CC)[nH]1. The average Bonchev–Trinajstić information content (AvgIpc) is 2.94. The summed E-state index contributed by atoms with van der Waals surface area (Å²) >= 11 is 1.39. The Bertz CT molecular complexity index is 672. The smallest absolute Gasteiger partial charge is 0.238 e. The van der Waals surface area contributed by atoms with Gasteiger partial charge in [-0.25, -0.2) is 4.90 Å². The predicted octanol–water partition coefficient (Wildman–Crippen LogP) is 2.80. The number of aromatic nitrogens is 3. The van der Waals surface area contributed by atoms with E-state index in [1.54, 1.807) is 4.79 Å². The Morgan fingerprint density at radius 1 is 1.15 bits per heavy atom. The van der Waals surface area contributed by atoms with Crippen LogP contribution in [0.1, 0.15) is 59.3 Å². The number of unbranched alkanes of at least 4 members (excludes halogenated alkanes) is 1. The molecular formula is C18H32N6O2S. The van der Waals surface area contributed by atoms with Gasteiger partial charge in [0.25, 0.3) is 0 Å².